The quantitative estimate of drug-likeness (QED) is 0.847. The van der Waals surface area contributed by atoms with Crippen LogP contribution in [-0.4, -0.2) is 4.98 Å². The molecule has 3 heteroatoms. The summed E-state index contributed by atoms with van der Waals surface area (Å²) in [6.07, 6.45) is 4.11. The lowest BCUT2D eigenvalue weighted by Crippen LogP contribution is -1.97. The number of hydrogen-bond acceptors (Lipinski definition) is 3. The van der Waals surface area contributed by atoms with Crippen LogP contribution in [0.4, 0.5) is 0 Å². The Morgan fingerprint density at radius 1 is 1.25 bits per heavy atom. The molecule has 20 heavy (non-hydrogen) atoms. The van der Waals surface area contributed by atoms with Crippen LogP contribution >= 0.6 is 0 Å². The fraction of sp³-hybridized carbons (Fsp3) is 0.294. The van der Waals surface area contributed by atoms with Crippen LogP contribution in [0.3, 0.4) is 0 Å². The molecule has 0 atom stereocenters. The molecule has 1 aliphatic carbocycles. The summed E-state index contributed by atoms with van der Waals surface area (Å²) in [6, 6.07) is 12.0. The van der Waals surface area contributed by atoms with E-state index < -0.39 is 0 Å². The first kappa shape index (κ1) is 12.7. The third-order valence-corrected chi connectivity index (χ3v) is 3.68. The number of ether oxygens (including phenoxy) is 1. The van der Waals surface area contributed by atoms with Crippen molar-refractivity contribution in [2.75, 3.05) is 0 Å². The Hall–Kier alpha value is -2.34. The average molecular weight is 264 g/mol. The van der Waals surface area contributed by atoms with Gasteiger partial charge in [0.1, 0.15) is 17.4 Å². The number of benzene rings is 1. The zero-order chi connectivity index (χ0) is 13.9. The van der Waals surface area contributed by atoms with E-state index in [0.717, 1.165) is 37.1 Å². The number of nitrogens with zero attached hydrogens (tertiary/aromatic N) is 2. The lowest BCUT2D eigenvalue weighted by molar-refractivity contribution is 0.459. The van der Waals surface area contributed by atoms with Gasteiger partial charge in [-0.15, -0.1) is 0 Å². The Bertz CT molecular complexity index is 669. The summed E-state index contributed by atoms with van der Waals surface area (Å²) in [5.41, 5.74) is 4.05. The predicted molar refractivity (Wildman–Crippen MR) is 76.9 cm³/mol. The van der Waals surface area contributed by atoms with Crippen LogP contribution in [-0.2, 0) is 19.3 Å². The van der Waals surface area contributed by atoms with E-state index in [1.54, 1.807) is 0 Å². The molecule has 1 aromatic heterocycles. The molecule has 0 saturated carbocycles. The number of hydrogen-bond donors (Lipinski definition) is 0. The van der Waals surface area contributed by atoms with Gasteiger partial charge in [-0.1, -0.05) is 19.1 Å². The van der Waals surface area contributed by atoms with Gasteiger partial charge in [0.05, 0.1) is 0 Å². The van der Waals surface area contributed by atoms with Crippen LogP contribution in [0, 0.1) is 11.3 Å². The van der Waals surface area contributed by atoms with Gasteiger partial charge in [0.15, 0.2) is 0 Å². The maximum atomic E-state index is 9.24. The molecule has 2 aromatic rings. The van der Waals surface area contributed by atoms with Crippen LogP contribution in [0.1, 0.15) is 35.7 Å². The lowest BCUT2D eigenvalue weighted by atomic mass is 10.1. The maximum Gasteiger partial charge on any atom is 0.237 e. The van der Waals surface area contributed by atoms with Crippen molar-refractivity contribution in [3.63, 3.8) is 0 Å². The van der Waals surface area contributed by atoms with Gasteiger partial charge < -0.3 is 4.74 Å². The Morgan fingerprint density at radius 3 is 2.75 bits per heavy atom. The fourth-order valence-corrected chi connectivity index (χ4v) is 2.52. The first-order valence-corrected chi connectivity index (χ1v) is 7.00. The van der Waals surface area contributed by atoms with Crippen LogP contribution < -0.4 is 4.74 Å². The van der Waals surface area contributed by atoms with Crippen molar-refractivity contribution in [2.24, 2.45) is 0 Å². The summed E-state index contributed by atoms with van der Waals surface area (Å²) in [5, 5.41) is 9.24. The molecule has 1 heterocycles. The van der Waals surface area contributed by atoms with Gasteiger partial charge in [-0.2, -0.15) is 5.26 Å². The second-order valence-electron chi connectivity index (χ2n) is 5.01. The number of aromatic nitrogens is 1. The second-order valence-corrected chi connectivity index (χ2v) is 5.01. The largest absolute Gasteiger partial charge is 0.438 e. The van der Waals surface area contributed by atoms with E-state index in [-0.39, 0.29) is 0 Å². The molecule has 0 unspecified atom stereocenters. The molecule has 0 aliphatic heterocycles. The molecule has 0 fully saturated rings. The molecule has 0 spiro atoms. The van der Waals surface area contributed by atoms with Crippen LogP contribution in [0.15, 0.2) is 30.3 Å². The molecule has 3 rings (SSSR count). The van der Waals surface area contributed by atoms with E-state index >= 15 is 0 Å². The zero-order valence-corrected chi connectivity index (χ0v) is 11.5. The van der Waals surface area contributed by atoms with Gasteiger partial charge in [0, 0.05) is 5.69 Å². The Morgan fingerprint density at radius 2 is 2.05 bits per heavy atom. The normalized spacial score (nSPS) is 12.8. The third-order valence-electron chi connectivity index (χ3n) is 3.68. The van der Waals surface area contributed by atoms with Crippen molar-refractivity contribution in [2.45, 2.75) is 32.6 Å². The summed E-state index contributed by atoms with van der Waals surface area (Å²) in [7, 11) is 0. The summed E-state index contributed by atoms with van der Waals surface area (Å²) in [6.45, 7) is 2.12. The monoisotopic (exact) mass is 264 g/mol. The summed E-state index contributed by atoms with van der Waals surface area (Å²) < 4.78 is 5.79. The zero-order valence-electron chi connectivity index (χ0n) is 11.5. The first-order chi connectivity index (χ1) is 9.80. The summed E-state index contributed by atoms with van der Waals surface area (Å²) in [4.78, 5) is 4.52. The standard InChI is InChI=1S/C17H16N2O/c1-2-12-6-8-15(9-7-12)20-17-14(11-18)10-13-4-3-5-16(13)19-17/h6-10H,2-5H2,1H3. The molecule has 0 amide bonds. The highest BCUT2D eigenvalue weighted by atomic mass is 16.5. The second kappa shape index (κ2) is 5.34. The molecule has 0 bridgehead atoms. The average Bonchev–Trinajstić information content (AvgIpc) is 2.94. The topological polar surface area (TPSA) is 45.9 Å². The van der Waals surface area contributed by atoms with E-state index in [0.29, 0.717) is 11.4 Å². The minimum atomic E-state index is 0.428. The number of pyridine rings is 1. The number of fused-ring (bicyclic) bond motifs is 1. The number of aryl methyl sites for hydroxylation is 3. The lowest BCUT2D eigenvalue weighted by Gasteiger charge is -2.09. The van der Waals surface area contributed by atoms with Gasteiger partial charge in [-0.25, -0.2) is 4.98 Å². The minimum absolute atomic E-state index is 0.428. The van der Waals surface area contributed by atoms with Crippen molar-refractivity contribution >= 4 is 0 Å². The van der Waals surface area contributed by atoms with Crippen molar-refractivity contribution in [3.05, 3.63) is 52.7 Å². The molecule has 3 nitrogen and oxygen atoms in total. The fourth-order valence-electron chi connectivity index (χ4n) is 2.52. The Kier molecular flexibility index (Phi) is 3.39. The van der Waals surface area contributed by atoms with E-state index in [1.807, 2.05) is 30.3 Å². The molecule has 1 aromatic carbocycles. The predicted octanol–water partition coefficient (Wildman–Crippen LogP) is 3.80. The first-order valence-electron chi connectivity index (χ1n) is 7.00. The van der Waals surface area contributed by atoms with Gasteiger partial charge in [0.2, 0.25) is 5.88 Å². The summed E-state index contributed by atoms with van der Waals surface area (Å²) >= 11 is 0. The molecular formula is C17H16N2O. The molecule has 0 N–H and O–H groups in total. The van der Waals surface area contributed by atoms with Crippen LogP contribution in [0.2, 0.25) is 0 Å². The number of rotatable bonds is 3. The van der Waals surface area contributed by atoms with E-state index in [4.69, 9.17) is 4.74 Å². The molecular weight excluding hydrogens is 248 g/mol. The third kappa shape index (κ3) is 2.37. The smallest absolute Gasteiger partial charge is 0.237 e. The number of nitriles is 1. The Labute approximate surface area is 118 Å². The van der Waals surface area contributed by atoms with Crippen molar-refractivity contribution in [1.82, 2.24) is 4.98 Å². The highest BCUT2D eigenvalue weighted by molar-refractivity contribution is 5.46. The van der Waals surface area contributed by atoms with Gasteiger partial charge >= 0.3 is 0 Å². The Balaban J connectivity index is 1.91. The van der Waals surface area contributed by atoms with Crippen molar-refractivity contribution in [3.8, 4) is 17.7 Å². The van der Waals surface area contributed by atoms with Gasteiger partial charge in [0.25, 0.3) is 0 Å². The molecule has 100 valence electrons. The maximum absolute atomic E-state index is 9.24. The van der Waals surface area contributed by atoms with Crippen LogP contribution in [0.5, 0.6) is 11.6 Å². The highest BCUT2D eigenvalue weighted by Gasteiger charge is 2.17. The van der Waals surface area contributed by atoms with Crippen LogP contribution in [0.25, 0.3) is 0 Å². The minimum Gasteiger partial charge on any atom is -0.438 e. The molecule has 0 radical (unpaired) electrons. The molecule has 1 aliphatic rings. The van der Waals surface area contributed by atoms with Crippen molar-refractivity contribution in [1.29, 1.82) is 5.26 Å². The van der Waals surface area contributed by atoms with Crippen molar-refractivity contribution < 1.29 is 4.74 Å². The molecule has 0 saturated heterocycles. The highest BCUT2D eigenvalue weighted by Crippen LogP contribution is 2.29. The van der Waals surface area contributed by atoms with Gasteiger partial charge in [-0.3, -0.25) is 0 Å². The summed E-state index contributed by atoms with van der Waals surface area (Å²) in [5.74, 6) is 1.15. The van der Waals surface area contributed by atoms with Gasteiger partial charge in [-0.05, 0) is 55.0 Å². The van der Waals surface area contributed by atoms with E-state index in [2.05, 4.69) is 18.0 Å². The SMILES string of the molecule is CCc1ccc(Oc2nc3c(cc2C#N)CCC3)cc1. The van der Waals surface area contributed by atoms with E-state index in [9.17, 15) is 5.26 Å². The van der Waals surface area contributed by atoms with E-state index in [1.165, 1.54) is 11.1 Å².